The predicted molar refractivity (Wildman–Crippen MR) is 116 cm³/mol. The molecular formula is C24H35N2O2+. The van der Waals surface area contributed by atoms with Gasteiger partial charge in [-0.25, -0.2) is 0 Å². The number of nitrogens with zero attached hydrogens (tertiary/aromatic N) is 2. The van der Waals surface area contributed by atoms with E-state index in [0.29, 0.717) is 18.4 Å². The Labute approximate surface area is 168 Å². The third-order valence-corrected chi connectivity index (χ3v) is 5.50. The van der Waals surface area contributed by atoms with Gasteiger partial charge in [-0.3, -0.25) is 0 Å². The first kappa shape index (κ1) is 20.7. The van der Waals surface area contributed by atoms with Crippen LogP contribution in [0.5, 0.6) is 5.75 Å². The van der Waals surface area contributed by atoms with Crippen LogP contribution in [0.1, 0.15) is 46.2 Å². The van der Waals surface area contributed by atoms with Crippen LogP contribution in [0.4, 0.5) is 0 Å². The molecule has 0 fully saturated rings. The van der Waals surface area contributed by atoms with Gasteiger partial charge in [-0.2, -0.15) is 4.57 Å². The van der Waals surface area contributed by atoms with Gasteiger partial charge in [0.1, 0.15) is 17.9 Å². The van der Waals surface area contributed by atoms with Crippen molar-refractivity contribution in [3.05, 3.63) is 36.2 Å². The third-order valence-electron chi connectivity index (χ3n) is 5.50. The first-order valence-corrected chi connectivity index (χ1v) is 10.6. The molecule has 0 atom stereocenters. The molecule has 3 rings (SSSR count). The van der Waals surface area contributed by atoms with E-state index in [9.17, 15) is 5.11 Å². The SMILES string of the molecule is Cc1c2c(cc[n+]1CCO)c1ccc(OCCC(C)C)cc1n2CCC(C)C. The Hall–Kier alpha value is -2.07. The molecule has 2 aromatic heterocycles. The number of pyridine rings is 1. The lowest BCUT2D eigenvalue weighted by molar-refractivity contribution is -0.702. The van der Waals surface area contributed by atoms with Crippen LogP contribution in [-0.4, -0.2) is 22.9 Å². The summed E-state index contributed by atoms with van der Waals surface area (Å²) in [5.41, 5.74) is 3.71. The highest BCUT2D eigenvalue weighted by Gasteiger charge is 2.19. The maximum Gasteiger partial charge on any atom is 0.202 e. The quantitative estimate of drug-likeness (QED) is 0.536. The fourth-order valence-electron chi connectivity index (χ4n) is 3.80. The van der Waals surface area contributed by atoms with E-state index >= 15 is 0 Å². The molecule has 28 heavy (non-hydrogen) atoms. The molecule has 152 valence electrons. The number of aliphatic hydroxyl groups excluding tert-OH is 1. The highest BCUT2D eigenvalue weighted by atomic mass is 16.5. The number of ether oxygens (including phenoxy) is 1. The van der Waals surface area contributed by atoms with Gasteiger partial charge < -0.3 is 14.4 Å². The molecule has 4 nitrogen and oxygen atoms in total. The van der Waals surface area contributed by atoms with Gasteiger partial charge in [0.05, 0.1) is 12.1 Å². The van der Waals surface area contributed by atoms with Gasteiger partial charge in [0, 0.05) is 36.4 Å². The minimum atomic E-state index is 0.150. The van der Waals surface area contributed by atoms with Crippen molar-refractivity contribution < 1.29 is 14.4 Å². The van der Waals surface area contributed by atoms with Crippen molar-refractivity contribution in [3.8, 4) is 5.75 Å². The van der Waals surface area contributed by atoms with Gasteiger partial charge in [-0.1, -0.05) is 27.7 Å². The third kappa shape index (κ3) is 4.33. The molecule has 0 bridgehead atoms. The monoisotopic (exact) mass is 383 g/mol. The average molecular weight is 384 g/mol. The second-order valence-electron chi connectivity index (χ2n) is 8.62. The second-order valence-corrected chi connectivity index (χ2v) is 8.62. The van der Waals surface area contributed by atoms with Crippen molar-refractivity contribution in [2.24, 2.45) is 11.8 Å². The second kappa shape index (κ2) is 8.95. The van der Waals surface area contributed by atoms with Crippen LogP contribution in [0.3, 0.4) is 0 Å². The summed E-state index contributed by atoms with van der Waals surface area (Å²) in [6, 6.07) is 8.68. The number of hydrogen-bond donors (Lipinski definition) is 1. The predicted octanol–water partition coefficient (Wildman–Crippen LogP) is 4.85. The van der Waals surface area contributed by atoms with Gasteiger partial charge in [-0.05, 0) is 36.8 Å². The fourth-order valence-corrected chi connectivity index (χ4v) is 3.80. The van der Waals surface area contributed by atoms with E-state index < -0.39 is 0 Å². The van der Waals surface area contributed by atoms with Crippen LogP contribution in [0.15, 0.2) is 30.5 Å². The molecule has 0 aliphatic rings. The van der Waals surface area contributed by atoms with Crippen LogP contribution in [0.25, 0.3) is 21.8 Å². The molecule has 3 aromatic rings. The normalized spacial score (nSPS) is 12.0. The molecule has 1 aromatic carbocycles. The largest absolute Gasteiger partial charge is 0.494 e. The zero-order chi connectivity index (χ0) is 20.3. The van der Waals surface area contributed by atoms with Crippen molar-refractivity contribution >= 4 is 21.8 Å². The number of aryl methyl sites for hydroxylation is 2. The zero-order valence-corrected chi connectivity index (χ0v) is 18.0. The summed E-state index contributed by atoms with van der Waals surface area (Å²) in [5.74, 6) is 2.24. The topological polar surface area (TPSA) is 38.3 Å². The molecule has 0 saturated heterocycles. The van der Waals surface area contributed by atoms with Crippen LogP contribution in [0.2, 0.25) is 0 Å². The highest BCUT2D eigenvalue weighted by Crippen LogP contribution is 2.33. The van der Waals surface area contributed by atoms with Crippen molar-refractivity contribution in [2.45, 2.75) is 60.5 Å². The standard InChI is InChI=1S/C24H35N2O2/c1-17(2)8-12-26-23-16-20(28-15-10-18(3)4)6-7-21(23)22-9-11-25(13-14-27)19(5)24(22)26/h6-7,9,11,16-18,27H,8,10,12-15H2,1-5H3/q+1. The fraction of sp³-hybridized carbons (Fsp3) is 0.542. The zero-order valence-electron chi connectivity index (χ0n) is 18.0. The molecule has 0 unspecified atom stereocenters. The molecule has 1 N–H and O–H groups in total. The number of aromatic nitrogens is 2. The Morgan fingerprint density at radius 1 is 1.04 bits per heavy atom. The maximum absolute atomic E-state index is 9.42. The lowest BCUT2D eigenvalue weighted by Crippen LogP contribution is -2.38. The van der Waals surface area contributed by atoms with Crippen LogP contribution in [0, 0.1) is 18.8 Å². The van der Waals surface area contributed by atoms with E-state index in [1.54, 1.807) is 0 Å². The maximum atomic E-state index is 9.42. The van der Waals surface area contributed by atoms with E-state index in [-0.39, 0.29) is 6.61 Å². The molecule has 4 heteroatoms. The Morgan fingerprint density at radius 2 is 1.79 bits per heavy atom. The Balaban J connectivity index is 2.11. The molecule has 0 saturated carbocycles. The lowest BCUT2D eigenvalue weighted by Gasteiger charge is -2.12. The lowest BCUT2D eigenvalue weighted by atomic mass is 10.1. The molecule has 0 amide bonds. The smallest absolute Gasteiger partial charge is 0.202 e. The van der Waals surface area contributed by atoms with E-state index in [1.165, 1.54) is 27.5 Å². The molecule has 0 aliphatic carbocycles. The number of benzene rings is 1. The minimum absolute atomic E-state index is 0.150. The van der Waals surface area contributed by atoms with E-state index in [2.05, 4.69) is 74.2 Å². The molecule has 0 aliphatic heterocycles. The first-order valence-electron chi connectivity index (χ1n) is 10.6. The van der Waals surface area contributed by atoms with Crippen LogP contribution >= 0.6 is 0 Å². The van der Waals surface area contributed by atoms with Gasteiger partial charge in [-0.15, -0.1) is 0 Å². The summed E-state index contributed by atoms with van der Waals surface area (Å²) < 4.78 is 10.6. The van der Waals surface area contributed by atoms with Crippen molar-refractivity contribution in [1.82, 2.24) is 4.57 Å². The number of aliphatic hydroxyl groups is 1. The summed E-state index contributed by atoms with van der Waals surface area (Å²) in [7, 11) is 0. The summed E-state index contributed by atoms with van der Waals surface area (Å²) >= 11 is 0. The average Bonchev–Trinajstić information content (AvgIpc) is 2.96. The van der Waals surface area contributed by atoms with Gasteiger partial charge in [0.15, 0.2) is 12.7 Å². The Kier molecular flexibility index (Phi) is 6.61. The number of hydrogen-bond acceptors (Lipinski definition) is 2. The van der Waals surface area contributed by atoms with Gasteiger partial charge >= 0.3 is 0 Å². The molecule has 0 spiro atoms. The number of rotatable bonds is 9. The first-order chi connectivity index (χ1) is 13.4. The van der Waals surface area contributed by atoms with E-state index in [0.717, 1.165) is 31.7 Å². The minimum Gasteiger partial charge on any atom is -0.494 e. The van der Waals surface area contributed by atoms with Crippen molar-refractivity contribution in [2.75, 3.05) is 13.2 Å². The highest BCUT2D eigenvalue weighted by molar-refractivity contribution is 6.08. The van der Waals surface area contributed by atoms with E-state index in [1.807, 2.05) is 0 Å². The Morgan fingerprint density at radius 3 is 2.46 bits per heavy atom. The van der Waals surface area contributed by atoms with Crippen molar-refractivity contribution in [3.63, 3.8) is 0 Å². The van der Waals surface area contributed by atoms with E-state index in [4.69, 9.17) is 4.74 Å². The summed E-state index contributed by atoms with van der Waals surface area (Å²) in [4.78, 5) is 0. The van der Waals surface area contributed by atoms with Crippen LogP contribution < -0.4 is 9.30 Å². The summed E-state index contributed by atoms with van der Waals surface area (Å²) in [6.07, 6.45) is 4.29. The summed E-state index contributed by atoms with van der Waals surface area (Å²) in [6.45, 7) is 13.7. The van der Waals surface area contributed by atoms with Gasteiger partial charge in [0.25, 0.3) is 0 Å². The molecule has 0 radical (unpaired) electrons. The molecular weight excluding hydrogens is 348 g/mol. The molecule has 2 heterocycles. The van der Waals surface area contributed by atoms with Gasteiger partial charge in [0.2, 0.25) is 5.69 Å². The Bertz CT molecular complexity index is 941. The van der Waals surface area contributed by atoms with Crippen molar-refractivity contribution in [1.29, 1.82) is 0 Å². The summed E-state index contributed by atoms with van der Waals surface area (Å²) in [5, 5.41) is 12.0. The van der Waals surface area contributed by atoms with Crippen LogP contribution in [-0.2, 0) is 13.1 Å². The number of fused-ring (bicyclic) bond motifs is 3.